The summed E-state index contributed by atoms with van der Waals surface area (Å²) in [5.74, 6) is 3.01. The predicted molar refractivity (Wildman–Crippen MR) is 81.3 cm³/mol. The maximum Gasteiger partial charge on any atom is 0.159 e. The number of hydrogen-bond donors (Lipinski definition) is 0. The second-order valence-corrected chi connectivity index (χ2v) is 8.53. The van der Waals surface area contributed by atoms with E-state index in [4.69, 9.17) is 0 Å². The minimum atomic E-state index is 0.256. The van der Waals surface area contributed by atoms with Crippen LogP contribution >= 0.6 is 0 Å². The fourth-order valence-corrected chi connectivity index (χ4v) is 6.73. The van der Waals surface area contributed by atoms with Gasteiger partial charge >= 0.3 is 0 Å². The van der Waals surface area contributed by atoms with Crippen molar-refractivity contribution in [2.45, 2.75) is 72.1 Å². The molecule has 0 heterocycles. The molecule has 3 fully saturated rings. The maximum absolute atomic E-state index is 12.5. The standard InChI is InChI=1S/C19H28O/c1-12-16-10-14-8-9-15(13-6-4-5-7-13)19(16,11-17(12)20)18(14,2)3/h13-15H,4-11H2,1-3H3/t14-,15+,19+/m1/s1. The van der Waals surface area contributed by atoms with Gasteiger partial charge in [-0.1, -0.05) is 45.1 Å². The average molecular weight is 272 g/mol. The van der Waals surface area contributed by atoms with Gasteiger partial charge < -0.3 is 0 Å². The van der Waals surface area contributed by atoms with Gasteiger partial charge in [-0.25, -0.2) is 0 Å². The number of ketones is 1. The minimum Gasteiger partial charge on any atom is -0.295 e. The first kappa shape index (κ1) is 13.1. The Bertz CT molecular complexity index is 492. The molecule has 4 aliphatic carbocycles. The molecule has 3 saturated carbocycles. The van der Waals surface area contributed by atoms with Crippen molar-refractivity contribution >= 4 is 5.78 Å². The average Bonchev–Trinajstić information content (AvgIpc) is 3.01. The summed E-state index contributed by atoms with van der Waals surface area (Å²) >= 11 is 0. The van der Waals surface area contributed by atoms with Crippen LogP contribution in [0.15, 0.2) is 11.1 Å². The van der Waals surface area contributed by atoms with Crippen LogP contribution in [0.4, 0.5) is 0 Å². The summed E-state index contributed by atoms with van der Waals surface area (Å²) < 4.78 is 0. The van der Waals surface area contributed by atoms with Crippen LogP contribution in [0.2, 0.25) is 0 Å². The lowest BCUT2D eigenvalue weighted by molar-refractivity contribution is -0.121. The van der Waals surface area contributed by atoms with Gasteiger partial charge in [0.2, 0.25) is 0 Å². The number of rotatable bonds is 1. The van der Waals surface area contributed by atoms with Crippen molar-refractivity contribution in [3.8, 4) is 0 Å². The smallest absolute Gasteiger partial charge is 0.159 e. The Hall–Kier alpha value is -0.590. The number of fused-ring (bicyclic) bond motifs is 1. The van der Waals surface area contributed by atoms with E-state index < -0.39 is 0 Å². The fraction of sp³-hybridized carbons (Fsp3) is 0.842. The first-order valence-corrected chi connectivity index (χ1v) is 8.72. The van der Waals surface area contributed by atoms with Crippen molar-refractivity contribution < 1.29 is 4.79 Å². The van der Waals surface area contributed by atoms with Gasteiger partial charge in [0.15, 0.2) is 5.78 Å². The lowest BCUT2D eigenvalue weighted by atomic mass is 9.50. The Morgan fingerprint density at radius 3 is 2.45 bits per heavy atom. The molecule has 0 aromatic heterocycles. The van der Waals surface area contributed by atoms with E-state index in [0.717, 1.165) is 29.7 Å². The fourth-order valence-electron chi connectivity index (χ4n) is 6.73. The van der Waals surface area contributed by atoms with E-state index in [1.54, 1.807) is 5.57 Å². The van der Waals surface area contributed by atoms with E-state index in [1.165, 1.54) is 44.9 Å². The van der Waals surface area contributed by atoms with Crippen molar-refractivity contribution in [3.63, 3.8) is 0 Å². The molecule has 0 saturated heterocycles. The molecule has 0 aromatic carbocycles. The number of carbonyl (C=O) groups excluding carboxylic acids is 1. The first-order chi connectivity index (χ1) is 9.48. The molecule has 0 unspecified atom stereocenters. The van der Waals surface area contributed by atoms with Crippen LogP contribution in [-0.4, -0.2) is 5.78 Å². The van der Waals surface area contributed by atoms with Crippen molar-refractivity contribution in [1.29, 1.82) is 0 Å². The van der Waals surface area contributed by atoms with Gasteiger partial charge in [-0.05, 0) is 54.9 Å². The molecule has 4 rings (SSSR count). The van der Waals surface area contributed by atoms with E-state index in [1.807, 2.05) is 0 Å². The second-order valence-electron chi connectivity index (χ2n) is 8.53. The Balaban J connectivity index is 1.85. The summed E-state index contributed by atoms with van der Waals surface area (Å²) in [5.41, 5.74) is 3.37. The topological polar surface area (TPSA) is 17.1 Å². The molecular weight excluding hydrogens is 244 g/mol. The molecule has 0 radical (unpaired) electrons. The number of carbonyl (C=O) groups is 1. The zero-order valence-electron chi connectivity index (χ0n) is 13.3. The van der Waals surface area contributed by atoms with Crippen molar-refractivity contribution in [2.75, 3.05) is 0 Å². The Labute approximate surface area is 123 Å². The SMILES string of the molecule is CC1=C2C[C@H]3CC[C@@H](C4CCCC4)[C@]2(CC1=O)C3(C)C. The van der Waals surface area contributed by atoms with Crippen LogP contribution in [0.3, 0.4) is 0 Å². The third-order valence-corrected chi connectivity index (χ3v) is 7.90. The van der Waals surface area contributed by atoms with E-state index in [2.05, 4.69) is 20.8 Å². The quantitative estimate of drug-likeness (QED) is 0.663. The Morgan fingerprint density at radius 1 is 1.05 bits per heavy atom. The monoisotopic (exact) mass is 272 g/mol. The van der Waals surface area contributed by atoms with Crippen LogP contribution in [-0.2, 0) is 4.79 Å². The van der Waals surface area contributed by atoms with Gasteiger partial charge in [0, 0.05) is 11.8 Å². The molecule has 20 heavy (non-hydrogen) atoms. The summed E-state index contributed by atoms with van der Waals surface area (Å²) in [5, 5.41) is 0. The van der Waals surface area contributed by atoms with Gasteiger partial charge in [-0.3, -0.25) is 4.79 Å². The predicted octanol–water partition coefficient (Wildman–Crippen LogP) is 4.91. The summed E-state index contributed by atoms with van der Waals surface area (Å²) in [4.78, 5) is 12.5. The molecule has 0 amide bonds. The van der Waals surface area contributed by atoms with Gasteiger partial charge in [0.25, 0.3) is 0 Å². The van der Waals surface area contributed by atoms with Gasteiger partial charge in [-0.15, -0.1) is 0 Å². The molecular formula is C19H28O. The van der Waals surface area contributed by atoms with Crippen molar-refractivity contribution in [2.24, 2.45) is 28.6 Å². The highest BCUT2D eigenvalue weighted by Crippen LogP contribution is 2.73. The lowest BCUT2D eigenvalue weighted by Gasteiger charge is -2.54. The Morgan fingerprint density at radius 2 is 1.75 bits per heavy atom. The molecule has 1 spiro atoms. The number of hydrogen-bond acceptors (Lipinski definition) is 1. The highest BCUT2D eigenvalue weighted by atomic mass is 16.1. The molecule has 4 aliphatic rings. The summed E-state index contributed by atoms with van der Waals surface area (Å²) in [6.45, 7) is 7.09. The van der Waals surface area contributed by atoms with Crippen LogP contribution in [0.25, 0.3) is 0 Å². The lowest BCUT2D eigenvalue weighted by Crippen LogP contribution is -2.48. The van der Waals surface area contributed by atoms with Gasteiger partial charge in [-0.2, -0.15) is 0 Å². The highest BCUT2D eigenvalue weighted by molar-refractivity contribution is 6.00. The van der Waals surface area contributed by atoms with E-state index in [0.29, 0.717) is 11.2 Å². The maximum atomic E-state index is 12.5. The highest BCUT2D eigenvalue weighted by Gasteiger charge is 2.67. The zero-order chi connectivity index (χ0) is 14.1. The van der Waals surface area contributed by atoms with E-state index in [-0.39, 0.29) is 5.41 Å². The Kier molecular flexibility index (Phi) is 2.61. The van der Waals surface area contributed by atoms with Gasteiger partial charge in [0.1, 0.15) is 0 Å². The number of allylic oxidation sites excluding steroid dienone is 2. The molecule has 0 N–H and O–H groups in total. The number of Topliss-reactive ketones (excluding diaryl/α,β-unsaturated/α-hetero) is 1. The second kappa shape index (κ2) is 3.99. The molecule has 2 bridgehead atoms. The van der Waals surface area contributed by atoms with Crippen LogP contribution in [0.5, 0.6) is 0 Å². The third-order valence-electron chi connectivity index (χ3n) is 7.90. The third kappa shape index (κ3) is 1.33. The molecule has 110 valence electrons. The van der Waals surface area contributed by atoms with Crippen LogP contribution < -0.4 is 0 Å². The first-order valence-electron chi connectivity index (χ1n) is 8.72. The van der Waals surface area contributed by atoms with Gasteiger partial charge in [0.05, 0.1) is 0 Å². The molecule has 0 aromatic rings. The van der Waals surface area contributed by atoms with E-state index in [9.17, 15) is 4.79 Å². The normalized spacial score (nSPS) is 43.5. The molecule has 1 nitrogen and oxygen atoms in total. The molecule has 0 aliphatic heterocycles. The molecule has 1 heteroatoms. The van der Waals surface area contributed by atoms with Crippen molar-refractivity contribution in [1.82, 2.24) is 0 Å². The summed E-state index contributed by atoms with van der Waals surface area (Å²) in [6.07, 6.45) is 10.6. The largest absolute Gasteiger partial charge is 0.295 e. The van der Waals surface area contributed by atoms with Crippen LogP contribution in [0, 0.1) is 28.6 Å². The zero-order valence-corrected chi connectivity index (χ0v) is 13.3. The van der Waals surface area contributed by atoms with Crippen molar-refractivity contribution in [3.05, 3.63) is 11.1 Å². The van der Waals surface area contributed by atoms with Crippen LogP contribution in [0.1, 0.15) is 72.1 Å². The summed E-state index contributed by atoms with van der Waals surface area (Å²) in [7, 11) is 0. The molecule has 3 atom stereocenters. The summed E-state index contributed by atoms with van der Waals surface area (Å²) in [6, 6.07) is 0. The van der Waals surface area contributed by atoms with E-state index >= 15 is 0 Å². The minimum absolute atomic E-state index is 0.256.